The van der Waals surface area contributed by atoms with Gasteiger partial charge in [0.1, 0.15) is 5.75 Å². The molecule has 0 unspecified atom stereocenters. The topological polar surface area (TPSA) is 57.5 Å². The number of phenolic OH excluding ortho intramolecular Hbond substituents is 1. The van der Waals surface area contributed by atoms with E-state index in [2.05, 4.69) is 0 Å². The molecule has 1 aromatic carbocycles. The van der Waals surface area contributed by atoms with Crippen LogP contribution in [0.25, 0.3) is 0 Å². The molecule has 3 rings (SSSR count). The van der Waals surface area contributed by atoms with Crippen molar-refractivity contribution < 1.29 is 15.0 Å². The second-order valence-corrected chi connectivity index (χ2v) is 7.63. The van der Waals surface area contributed by atoms with E-state index in [0.717, 1.165) is 12.8 Å². The van der Waals surface area contributed by atoms with Crippen LogP contribution < -0.4 is 0 Å². The molecule has 0 saturated heterocycles. The Labute approximate surface area is 145 Å². The molecule has 0 bridgehead atoms. The van der Waals surface area contributed by atoms with Crippen LogP contribution in [0.15, 0.2) is 12.1 Å². The predicted octanol–water partition coefficient (Wildman–Crippen LogP) is 5.50. The normalized spacial score (nSPS) is 20.2. The number of hydrogen-bond acceptors (Lipinski definition) is 2. The molecular formula is C21H30O3. The second-order valence-electron chi connectivity index (χ2n) is 7.63. The van der Waals surface area contributed by atoms with Crippen molar-refractivity contribution >= 4 is 5.97 Å². The Balaban J connectivity index is 1.99. The number of phenols is 1. The number of hydrogen-bond donors (Lipinski definition) is 2. The number of aliphatic carboxylic acids is 1. The van der Waals surface area contributed by atoms with Gasteiger partial charge in [-0.2, -0.15) is 0 Å². The zero-order valence-electron chi connectivity index (χ0n) is 14.6. The molecule has 2 aliphatic carbocycles. The summed E-state index contributed by atoms with van der Waals surface area (Å²) in [4.78, 5) is 11.1. The standard InChI is InChI=1S/C21H30O3/c22-18-13-11-17(12-14-19(23)24)20(15-7-3-1-4-8-15)21(18)16-9-5-2-6-10-16/h11,13,15-16,22H,1-10,12,14H2,(H,23,24). The Bertz CT molecular complexity index is 567. The van der Waals surface area contributed by atoms with E-state index in [1.807, 2.05) is 12.1 Å². The molecule has 3 nitrogen and oxygen atoms in total. The number of benzene rings is 1. The minimum atomic E-state index is -0.739. The maximum Gasteiger partial charge on any atom is 0.303 e. The lowest BCUT2D eigenvalue weighted by Gasteiger charge is -2.32. The quantitative estimate of drug-likeness (QED) is 0.749. The summed E-state index contributed by atoms with van der Waals surface area (Å²) in [5.74, 6) is 0.672. The van der Waals surface area contributed by atoms with E-state index in [-0.39, 0.29) is 6.42 Å². The van der Waals surface area contributed by atoms with Gasteiger partial charge in [0.2, 0.25) is 0 Å². The maximum atomic E-state index is 11.1. The molecule has 0 heterocycles. The Kier molecular flexibility index (Phi) is 5.80. The highest BCUT2D eigenvalue weighted by Gasteiger charge is 2.28. The lowest BCUT2D eigenvalue weighted by Crippen LogP contribution is -2.15. The molecule has 0 atom stereocenters. The van der Waals surface area contributed by atoms with Gasteiger partial charge >= 0.3 is 5.97 Å². The fourth-order valence-electron chi connectivity index (χ4n) is 4.82. The molecule has 0 spiro atoms. The lowest BCUT2D eigenvalue weighted by atomic mass is 9.73. The minimum Gasteiger partial charge on any atom is -0.508 e. The zero-order chi connectivity index (χ0) is 16.9. The van der Waals surface area contributed by atoms with Gasteiger partial charge in [-0.1, -0.05) is 44.6 Å². The summed E-state index contributed by atoms with van der Waals surface area (Å²) in [6, 6.07) is 3.79. The molecule has 1 aromatic rings. The zero-order valence-corrected chi connectivity index (χ0v) is 14.6. The summed E-state index contributed by atoms with van der Waals surface area (Å²) in [6.07, 6.45) is 13.0. The van der Waals surface area contributed by atoms with Crippen molar-refractivity contribution in [2.24, 2.45) is 0 Å². The smallest absolute Gasteiger partial charge is 0.303 e. The highest BCUT2D eigenvalue weighted by atomic mass is 16.4. The van der Waals surface area contributed by atoms with E-state index in [4.69, 9.17) is 5.11 Å². The Morgan fingerprint density at radius 2 is 1.42 bits per heavy atom. The molecular weight excluding hydrogens is 300 g/mol. The van der Waals surface area contributed by atoms with Gasteiger partial charge in [-0.05, 0) is 61.1 Å². The van der Waals surface area contributed by atoms with Crippen molar-refractivity contribution in [1.29, 1.82) is 0 Å². The number of carboxylic acids is 1. The fourth-order valence-corrected chi connectivity index (χ4v) is 4.82. The summed E-state index contributed by atoms with van der Waals surface area (Å²) in [5, 5.41) is 19.8. The van der Waals surface area contributed by atoms with Crippen molar-refractivity contribution in [1.82, 2.24) is 0 Å². The largest absolute Gasteiger partial charge is 0.508 e. The monoisotopic (exact) mass is 330 g/mol. The molecule has 132 valence electrons. The minimum absolute atomic E-state index is 0.175. The number of carboxylic acid groups (broad SMARTS) is 1. The first-order chi connectivity index (χ1) is 11.7. The average molecular weight is 330 g/mol. The van der Waals surface area contributed by atoms with Crippen LogP contribution in [0.5, 0.6) is 5.75 Å². The van der Waals surface area contributed by atoms with Crippen LogP contribution in [0.4, 0.5) is 0 Å². The van der Waals surface area contributed by atoms with E-state index in [1.54, 1.807) is 0 Å². The molecule has 3 heteroatoms. The molecule has 2 N–H and O–H groups in total. The molecule has 0 amide bonds. The molecule has 24 heavy (non-hydrogen) atoms. The number of aryl methyl sites for hydroxylation is 1. The highest BCUT2D eigenvalue weighted by Crippen LogP contribution is 2.46. The predicted molar refractivity (Wildman–Crippen MR) is 95.7 cm³/mol. The van der Waals surface area contributed by atoms with Gasteiger partial charge in [-0.25, -0.2) is 0 Å². The fraction of sp³-hybridized carbons (Fsp3) is 0.667. The summed E-state index contributed by atoms with van der Waals surface area (Å²) >= 11 is 0. The molecule has 0 aromatic heterocycles. The summed E-state index contributed by atoms with van der Waals surface area (Å²) in [6.45, 7) is 0. The van der Waals surface area contributed by atoms with Gasteiger partial charge in [0.05, 0.1) is 0 Å². The van der Waals surface area contributed by atoms with E-state index in [9.17, 15) is 9.90 Å². The molecule has 0 radical (unpaired) electrons. The van der Waals surface area contributed by atoms with Crippen LogP contribution in [-0.2, 0) is 11.2 Å². The van der Waals surface area contributed by atoms with Crippen molar-refractivity contribution in [3.8, 4) is 5.75 Å². The van der Waals surface area contributed by atoms with Gasteiger partial charge in [-0.3, -0.25) is 4.79 Å². The molecule has 0 aliphatic heterocycles. The van der Waals surface area contributed by atoms with Crippen molar-refractivity contribution in [3.05, 3.63) is 28.8 Å². The maximum absolute atomic E-state index is 11.1. The molecule has 2 fully saturated rings. The SMILES string of the molecule is O=C(O)CCc1ccc(O)c(C2CCCCC2)c1C1CCCCC1. The summed E-state index contributed by atoms with van der Waals surface area (Å²) in [7, 11) is 0. The Hall–Kier alpha value is -1.51. The average Bonchev–Trinajstić information content (AvgIpc) is 2.61. The van der Waals surface area contributed by atoms with E-state index in [1.165, 1.54) is 68.1 Å². The second kappa shape index (κ2) is 8.04. The van der Waals surface area contributed by atoms with Crippen LogP contribution >= 0.6 is 0 Å². The summed E-state index contributed by atoms with van der Waals surface area (Å²) < 4.78 is 0. The Morgan fingerprint density at radius 3 is 1.96 bits per heavy atom. The van der Waals surface area contributed by atoms with Crippen LogP contribution in [0.1, 0.15) is 99.2 Å². The van der Waals surface area contributed by atoms with Crippen molar-refractivity contribution in [2.75, 3.05) is 0 Å². The number of carbonyl (C=O) groups is 1. The first-order valence-electron chi connectivity index (χ1n) is 9.73. The third kappa shape index (κ3) is 3.93. The van der Waals surface area contributed by atoms with Gasteiger partial charge in [0, 0.05) is 12.0 Å². The van der Waals surface area contributed by atoms with Crippen LogP contribution in [0, 0.1) is 0 Å². The molecule has 2 aliphatic rings. The van der Waals surface area contributed by atoms with Gasteiger partial charge in [-0.15, -0.1) is 0 Å². The first-order valence-corrected chi connectivity index (χ1v) is 9.73. The number of aromatic hydroxyl groups is 1. The van der Waals surface area contributed by atoms with Crippen molar-refractivity contribution in [3.63, 3.8) is 0 Å². The van der Waals surface area contributed by atoms with E-state index < -0.39 is 5.97 Å². The lowest BCUT2D eigenvalue weighted by molar-refractivity contribution is -0.136. The number of rotatable bonds is 5. The van der Waals surface area contributed by atoms with E-state index in [0.29, 0.717) is 24.0 Å². The van der Waals surface area contributed by atoms with Gasteiger partial charge < -0.3 is 10.2 Å². The van der Waals surface area contributed by atoms with Crippen molar-refractivity contribution in [2.45, 2.75) is 88.9 Å². The molecule has 2 saturated carbocycles. The van der Waals surface area contributed by atoms with Gasteiger partial charge in [0.15, 0.2) is 0 Å². The van der Waals surface area contributed by atoms with Gasteiger partial charge in [0.25, 0.3) is 0 Å². The van der Waals surface area contributed by atoms with Crippen LogP contribution in [0.3, 0.4) is 0 Å². The first kappa shape index (κ1) is 17.3. The Morgan fingerprint density at radius 1 is 0.875 bits per heavy atom. The van der Waals surface area contributed by atoms with Crippen LogP contribution in [0.2, 0.25) is 0 Å². The third-order valence-electron chi connectivity index (χ3n) is 5.99. The van der Waals surface area contributed by atoms with Crippen LogP contribution in [-0.4, -0.2) is 16.2 Å². The third-order valence-corrected chi connectivity index (χ3v) is 5.99. The van der Waals surface area contributed by atoms with E-state index >= 15 is 0 Å². The summed E-state index contributed by atoms with van der Waals surface area (Å²) in [5.41, 5.74) is 3.66. The highest BCUT2D eigenvalue weighted by molar-refractivity contribution is 5.67.